The number of hydrogen-bond donors (Lipinski definition) is 1. The normalized spacial score (nSPS) is 12.2. The number of thioether (sulfide) groups is 1. The van der Waals surface area contributed by atoms with Crippen molar-refractivity contribution in [2.45, 2.75) is 30.5 Å². The Kier molecular flexibility index (Phi) is 7.41. The first kappa shape index (κ1) is 22.9. The summed E-state index contributed by atoms with van der Waals surface area (Å²) in [6, 6.07) is 23.9. The second-order valence-corrected chi connectivity index (χ2v) is 10.3. The predicted octanol–water partition coefficient (Wildman–Crippen LogP) is 5.08. The number of anilines is 2. The van der Waals surface area contributed by atoms with E-state index in [4.69, 9.17) is 0 Å². The van der Waals surface area contributed by atoms with E-state index in [9.17, 15) is 13.2 Å². The van der Waals surface area contributed by atoms with Crippen LogP contribution in [0.5, 0.6) is 0 Å². The van der Waals surface area contributed by atoms with E-state index >= 15 is 0 Å². The van der Waals surface area contributed by atoms with Crippen LogP contribution in [0.2, 0.25) is 0 Å². The maximum absolute atomic E-state index is 12.8. The summed E-state index contributed by atoms with van der Waals surface area (Å²) in [7, 11) is -3.64. The molecule has 0 spiro atoms. The quantitative estimate of drug-likeness (QED) is 0.482. The number of benzene rings is 3. The molecule has 7 heteroatoms. The Morgan fingerprint density at radius 1 is 0.968 bits per heavy atom. The van der Waals surface area contributed by atoms with Crippen LogP contribution in [-0.4, -0.2) is 26.6 Å². The fourth-order valence-electron chi connectivity index (χ4n) is 3.11. The average Bonchev–Trinajstić information content (AvgIpc) is 2.74. The second-order valence-electron chi connectivity index (χ2n) is 7.36. The molecular weight excluding hydrogens is 428 g/mol. The fourth-order valence-corrected chi connectivity index (χ4v) is 5.17. The summed E-state index contributed by atoms with van der Waals surface area (Å²) < 4.78 is 25.9. The highest BCUT2D eigenvalue weighted by Crippen LogP contribution is 2.24. The lowest BCUT2D eigenvalue weighted by atomic mass is 10.2. The van der Waals surface area contributed by atoms with Crippen molar-refractivity contribution in [3.63, 3.8) is 0 Å². The number of sulfonamides is 1. The summed E-state index contributed by atoms with van der Waals surface area (Å²) in [4.78, 5) is 14.0. The summed E-state index contributed by atoms with van der Waals surface area (Å²) >= 11 is 1.74. The van der Waals surface area contributed by atoms with Gasteiger partial charge in [-0.1, -0.05) is 48.0 Å². The number of amides is 1. The third kappa shape index (κ3) is 6.35. The van der Waals surface area contributed by atoms with Gasteiger partial charge in [-0.3, -0.25) is 9.10 Å². The number of nitrogens with zero attached hydrogens (tertiary/aromatic N) is 1. The molecule has 0 aliphatic rings. The molecule has 1 atom stereocenters. The van der Waals surface area contributed by atoms with E-state index in [-0.39, 0.29) is 0 Å². The van der Waals surface area contributed by atoms with Gasteiger partial charge in [-0.15, -0.1) is 11.8 Å². The van der Waals surface area contributed by atoms with Crippen molar-refractivity contribution in [1.29, 1.82) is 0 Å². The maximum atomic E-state index is 12.8. The molecule has 1 N–H and O–H groups in total. The number of carbonyl (C=O) groups is 1. The summed E-state index contributed by atoms with van der Waals surface area (Å²) in [5.41, 5.74) is 3.24. The monoisotopic (exact) mass is 454 g/mol. The summed E-state index contributed by atoms with van der Waals surface area (Å²) in [5.74, 6) is 0.432. The van der Waals surface area contributed by atoms with Gasteiger partial charge >= 0.3 is 0 Å². The predicted molar refractivity (Wildman–Crippen MR) is 129 cm³/mol. The van der Waals surface area contributed by atoms with Crippen LogP contribution in [0.25, 0.3) is 0 Å². The lowest BCUT2D eigenvalue weighted by Gasteiger charge is -2.28. The lowest BCUT2D eigenvalue weighted by Crippen LogP contribution is -2.45. The van der Waals surface area contributed by atoms with Crippen LogP contribution in [0.15, 0.2) is 83.8 Å². The van der Waals surface area contributed by atoms with Crippen LogP contribution in [0.3, 0.4) is 0 Å². The van der Waals surface area contributed by atoms with Crippen LogP contribution in [0.1, 0.15) is 18.1 Å². The SMILES string of the molecule is Cc1ccc(N(C(C)C(=O)Nc2ccc(CSc3ccccc3)cc2)S(C)(=O)=O)cc1. The van der Waals surface area contributed by atoms with Crippen LogP contribution < -0.4 is 9.62 Å². The minimum Gasteiger partial charge on any atom is -0.324 e. The maximum Gasteiger partial charge on any atom is 0.247 e. The van der Waals surface area contributed by atoms with E-state index in [0.717, 1.165) is 27.4 Å². The smallest absolute Gasteiger partial charge is 0.247 e. The van der Waals surface area contributed by atoms with Crippen LogP contribution >= 0.6 is 11.8 Å². The summed E-state index contributed by atoms with van der Waals surface area (Å²) in [5, 5.41) is 2.82. The molecule has 31 heavy (non-hydrogen) atoms. The van der Waals surface area contributed by atoms with Gasteiger partial charge in [-0.05, 0) is 55.8 Å². The van der Waals surface area contributed by atoms with Crippen LogP contribution in [-0.2, 0) is 20.6 Å². The van der Waals surface area contributed by atoms with Crippen LogP contribution in [0, 0.1) is 6.92 Å². The van der Waals surface area contributed by atoms with Crippen molar-refractivity contribution in [1.82, 2.24) is 0 Å². The first-order chi connectivity index (χ1) is 14.7. The highest BCUT2D eigenvalue weighted by molar-refractivity contribution is 7.98. The highest BCUT2D eigenvalue weighted by Gasteiger charge is 2.29. The van der Waals surface area contributed by atoms with Gasteiger partial charge in [0.2, 0.25) is 15.9 Å². The number of nitrogens with one attached hydrogen (secondary N) is 1. The molecule has 0 saturated heterocycles. The van der Waals surface area contributed by atoms with Crippen molar-refractivity contribution in [3.8, 4) is 0 Å². The van der Waals surface area contributed by atoms with E-state index in [1.165, 1.54) is 4.90 Å². The second kappa shape index (κ2) is 10.0. The Balaban J connectivity index is 1.67. The third-order valence-corrected chi connectivity index (χ3v) is 7.07. The Bertz CT molecular complexity index is 1110. The molecule has 0 bridgehead atoms. The average molecular weight is 455 g/mol. The molecule has 0 aliphatic heterocycles. The lowest BCUT2D eigenvalue weighted by molar-refractivity contribution is -0.116. The van der Waals surface area contributed by atoms with E-state index in [0.29, 0.717) is 11.4 Å². The molecule has 1 unspecified atom stereocenters. The molecule has 0 saturated carbocycles. The van der Waals surface area contributed by atoms with E-state index < -0.39 is 22.0 Å². The topological polar surface area (TPSA) is 66.5 Å². The molecule has 0 fully saturated rings. The van der Waals surface area contributed by atoms with Gasteiger partial charge < -0.3 is 5.32 Å². The molecule has 0 aromatic heterocycles. The van der Waals surface area contributed by atoms with Gasteiger partial charge in [0, 0.05) is 16.3 Å². The molecular formula is C24H26N2O3S2. The Morgan fingerprint density at radius 2 is 1.58 bits per heavy atom. The zero-order chi connectivity index (χ0) is 22.4. The minimum absolute atomic E-state index is 0.391. The van der Waals surface area contributed by atoms with Gasteiger partial charge in [0.1, 0.15) is 6.04 Å². The molecule has 0 heterocycles. The van der Waals surface area contributed by atoms with Crippen molar-refractivity contribution in [2.75, 3.05) is 15.9 Å². The standard InChI is InChI=1S/C24H26N2O3S2/c1-18-9-15-22(16-10-18)26(31(3,28)29)19(2)24(27)25-21-13-11-20(12-14-21)17-30-23-7-5-4-6-8-23/h4-16,19H,17H2,1-3H3,(H,25,27). The number of hydrogen-bond acceptors (Lipinski definition) is 4. The highest BCUT2D eigenvalue weighted by atomic mass is 32.2. The Morgan fingerprint density at radius 3 is 2.16 bits per heavy atom. The molecule has 162 valence electrons. The first-order valence-electron chi connectivity index (χ1n) is 9.88. The molecule has 3 aromatic carbocycles. The van der Waals surface area contributed by atoms with Gasteiger partial charge in [-0.2, -0.15) is 0 Å². The molecule has 3 rings (SSSR count). The van der Waals surface area contributed by atoms with E-state index in [1.54, 1.807) is 30.8 Å². The first-order valence-corrected chi connectivity index (χ1v) is 12.7. The van der Waals surface area contributed by atoms with Crippen molar-refractivity contribution >= 4 is 39.1 Å². The summed E-state index contributed by atoms with van der Waals surface area (Å²) in [6.07, 6.45) is 1.11. The molecule has 1 amide bonds. The number of rotatable bonds is 8. The minimum atomic E-state index is -3.64. The van der Waals surface area contributed by atoms with E-state index in [1.807, 2.05) is 61.5 Å². The van der Waals surface area contributed by atoms with Crippen molar-refractivity contribution < 1.29 is 13.2 Å². The third-order valence-electron chi connectivity index (χ3n) is 4.75. The number of aryl methyl sites for hydroxylation is 1. The van der Waals surface area contributed by atoms with Gasteiger partial charge in [0.25, 0.3) is 0 Å². The zero-order valence-corrected chi connectivity index (χ0v) is 19.4. The number of carbonyl (C=O) groups excluding carboxylic acids is 1. The molecule has 0 radical (unpaired) electrons. The van der Waals surface area contributed by atoms with E-state index in [2.05, 4.69) is 17.4 Å². The summed E-state index contributed by atoms with van der Waals surface area (Å²) in [6.45, 7) is 3.51. The molecule has 3 aromatic rings. The van der Waals surface area contributed by atoms with Gasteiger partial charge in [0.15, 0.2) is 0 Å². The molecule has 0 aliphatic carbocycles. The Hall–Kier alpha value is -2.77. The zero-order valence-electron chi connectivity index (χ0n) is 17.8. The van der Waals surface area contributed by atoms with Crippen molar-refractivity contribution in [3.05, 3.63) is 90.0 Å². The van der Waals surface area contributed by atoms with Crippen LogP contribution in [0.4, 0.5) is 11.4 Å². The Labute approximate surface area is 188 Å². The van der Waals surface area contributed by atoms with Gasteiger partial charge in [-0.25, -0.2) is 8.42 Å². The largest absolute Gasteiger partial charge is 0.324 e. The molecule has 5 nitrogen and oxygen atoms in total. The van der Waals surface area contributed by atoms with Crippen molar-refractivity contribution in [2.24, 2.45) is 0 Å². The fraction of sp³-hybridized carbons (Fsp3) is 0.208. The van der Waals surface area contributed by atoms with Gasteiger partial charge in [0.05, 0.1) is 11.9 Å².